The van der Waals surface area contributed by atoms with Gasteiger partial charge in [0.25, 0.3) is 0 Å². The molecule has 0 aliphatic rings. The van der Waals surface area contributed by atoms with Gasteiger partial charge in [-0.3, -0.25) is 4.79 Å². The second-order valence-corrected chi connectivity index (χ2v) is 6.07. The molecule has 2 aromatic carbocycles. The summed E-state index contributed by atoms with van der Waals surface area (Å²) >= 11 is 0. The molecule has 0 aliphatic carbocycles. The number of methoxy groups -OCH3 is 1. The summed E-state index contributed by atoms with van der Waals surface area (Å²) < 4.78 is 10.5. The maximum absolute atomic E-state index is 13.0. The molecule has 0 spiro atoms. The highest BCUT2D eigenvalue weighted by atomic mass is 16.5. The molecule has 5 heteroatoms. The van der Waals surface area contributed by atoms with Crippen LogP contribution in [-0.4, -0.2) is 38.6 Å². The normalized spacial score (nSPS) is 11.1. The third-order valence-corrected chi connectivity index (χ3v) is 4.42. The number of hydrogen-bond donors (Lipinski definition) is 0. The Morgan fingerprint density at radius 2 is 1.68 bits per heavy atom. The van der Waals surface area contributed by atoms with E-state index in [0.29, 0.717) is 11.3 Å². The predicted octanol–water partition coefficient (Wildman–Crippen LogP) is 4.37. The van der Waals surface area contributed by atoms with Crippen LogP contribution in [0.2, 0.25) is 0 Å². The molecule has 0 heterocycles. The quantitative estimate of drug-likeness (QED) is 0.212. The van der Waals surface area contributed by atoms with Gasteiger partial charge in [0, 0.05) is 30.4 Å². The van der Waals surface area contributed by atoms with Crippen LogP contribution in [0.1, 0.15) is 36.7 Å². The molecule has 0 aliphatic heterocycles. The van der Waals surface area contributed by atoms with Gasteiger partial charge < -0.3 is 14.4 Å². The van der Waals surface area contributed by atoms with Gasteiger partial charge in [-0.05, 0) is 44.5 Å². The summed E-state index contributed by atoms with van der Waals surface area (Å²) in [6, 6.07) is 14.3. The predicted molar refractivity (Wildman–Crippen MR) is 112 cm³/mol. The van der Waals surface area contributed by atoms with Crippen molar-refractivity contribution in [2.24, 2.45) is 0 Å². The highest BCUT2D eigenvalue weighted by Gasteiger charge is 2.22. The van der Waals surface area contributed by atoms with E-state index in [1.165, 1.54) is 0 Å². The van der Waals surface area contributed by atoms with Crippen molar-refractivity contribution in [3.8, 4) is 5.75 Å². The molecule has 0 radical (unpaired) electrons. The first-order chi connectivity index (χ1) is 13.5. The molecule has 0 aromatic heterocycles. The van der Waals surface area contributed by atoms with Crippen molar-refractivity contribution in [3.05, 3.63) is 65.2 Å². The van der Waals surface area contributed by atoms with Gasteiger partial charge >= 0.3 is 5.97 Å². The van der Waals surface area contributed by atoms with Crippen molar-refractivity contribution in [2.75, 3.05) is 31.7 Å². The number of esters is 1. The standard InChI is InChI=1S/C23H27NO4/c1-5-24(6-2)21-16-19(27-4)14-13-18(21)15-20(23(26)28-7-3)22(25)17-11-9-8-10-12-17/h8-16H,5-7H2,1-4H3. The topological polar surface area (TPSA) is 55.8 Å². The van der Waals surface area contributed by atoms with Crippen LogP contribution in [0.25, 0.3) is 6.08 Å². The number of nitrogens with zero attached hydrogens (tertiary/aromatic N) is 1. The SMILES string of the molecule is CCOC(=O)C(=Cc1ccc(OC)cc1N(CC)CC)C(=O)c1ccccc1. The van der Waals surface area contributed by atoms with Crippen LogP contribution < -0.4 is 9.64 Å². The molecule has 0 fully saturated rings. The van der Waals surface area contributed by atoms with Crippen LogP contribution in [0.15, 0.2) is 54.1 Å². The van der Waals surface area contributed by atoms with Gasteiger partial charge in [-0.2, -0.15) is 0 Å². The molecule has 0 atom stereocenters. The number of anilines is 1. The molecule has 0 saturated heterocycles. The molecule has 2 aromatic rings. The highest BCUT2D eigenvalue weighted by molar-refractivity contribution is 6.27. The Morgan fingerprint density at radius 3 is 2.25 bits per heavy atom. The van der Waals surface area contributed by atoms with Crippen LogP contribution in [0.4, 0.5) is 5.69 Å². The summed E-state index contributed by atoms with van der Waals surface area (Å²) in [7, 11) is 1.61. The smallest absolute Gasteiger partial charge is 0.342 e. The minimum Gasteiger partial charge on any atom is -0.497 e. The van der Waals surface area contributed by atoms with Gasteiger partial charge in [0.05, 0.1) is 13.7 Å². The lowest BCUT2D eigenvalue weighted by Gasteiger charge is -2.24. The van der Waals surface area contributed by atoms with E-state index in [9.17, 15) is 9.59 Å². The van der Waals surface area contributed by atoms with Gasteiger partial charge in [-0.25, -0.2) is 4.79 Å². The summed E-state index contributed by atoms with van der Waals surface area (Å²) in [5.74, 6) is -0.274. The Labute approximate surface area is 166 Å². The third-order valence-electron chi connectivity index (χ3n) is 4.42. The number of ketones is 1. The number of ether oxygens (including phenoxy) is 2. The summed E-state index contributed by atoms with van der Waals surface area (Å²) in [6.45, 7) is 7.59. The van der Waals surface area contributed by atoms with E-state index < -0.39 is 5.97 Å². The largest absolute Gasteiger partial charge is 0.497 e. The first kappa shape index (κ1) is 21.2. The third kappa shape index (κ3) is 5.00. The average molecular weight is 381 g/mol. The Morgan fingerprint density at radius 1 is 1.00 bits per heavy atom. The molecular weight excluding hydrogens is 354 g/mol. The van der Waals surface area contributed by atoms with Crippen LogP contribution in [0.5, 0.6) is 5.75 Å². The number of carbonyl (C=O) groups is 2. The zero-order chi connectivity index (χ0) is 20.5. The molecular formula is C23H27NO4. The molecule has 148 valence electrons. The molecule has 5 nitrogen and oxygen atoms in total. The van der Waals surface area contributed by atoms with Crippen molar-refractivity contribution in [1.82, 2.24) is 0 Å². The number of Topliss-reactive ketones (excluding diaryl/α,β-unsaturated/α-hetero) is 1. The highest BCUT2D eigenvalue weighted by Crippen LogP contribution is 2.29. The molecule has 0 amide bonds. The Hall–Kier alpha value is -3.08. The molecule has 0 unspecified atom stereocenters. The minimum atomic E-state index is -0.627. The Balaban J connectivity index is 2.59. The lowest BCUT2D eigenvalue weighted by atomic mass is 10.00. The van der Waals surface area contributed by atoms with E-state index in [4.69, 9.17) is 9.47 Å². The fraction of sp³-hybridized carbons (Fsp3) is 0.304. The average Bonchev–Trinajstić information content (AvgIpc) is 2.73. The van der Waals surface area contributed by atoms with Gasteiger partial charge in [-0.15, -0.1) is 0 Å². The van der Waals surface area contributed by atoms with E-state index in [2.05, 4.69) is 18.7 Å². The molecule has 0 N–H and O–H groups in total. The van der Waals surface area contributed by atoms with Crippen LogP contribution in [0, 0.1) is 0 Å². The van der Waals surface area contributed by atoms with Crippen LogP contribution >= 0.6 is 0 Å². The van der Waals surface area contributed by atoms with Gasteiger partial charge in [0.1, 0.15) is 11.3 Å². The van der Waals surface area contributed by atoms with Gasteiger partial charge in [0.2, 0.25) is 0 Å². The van der Waals surface area contributed by atoms with E-state index >= 15 is 0 Å². The zero-order valence-corrected chi connectivity index (χ0v) is 16.9. The zero-order valence-electron chi connectivity index (χ0n) is 16.9. The van der Waals surface area contributed by atoms with Crippen molar-refractivity contribution >= 4 is 23.5 Å². The summed E-state index contributed by atoms with van der Waals surface area (Å²) in [5.41, 5.74) is 2.11. The lowest BCUT2D eigenvalue weighted by molar-refractivity contribution is -0.137. The monoisotopic (exact) mass is 381 g/mol. The van der Waals surface area contributed by atoms with E-state index in [1.54, 1.807) is 44.4 Å². The first-order valence-corrected chi connectivity index (χ1v) is 9.47. The van der Waals surface area contributed by atoms with Gasteiger partial charge in [0.15, 0.2) is 5.78 Å². The van der Waals surface area contributed by atoms with Crippen molar-refractivity contribution in [2.45, 2.75) is 20.8 Å². The van der Waals surface area contributed by atoms with Crippen LogP contribution in [-0.2, 0) is 9.53 Å². The Bertz CT molecular complexity index is 839. The molecule has 0 bridgehead atoms. The fourth-order valence-electron chi connectivity index (χ4n) is 2.94. The second-order valence-electron chi connectivity index (χ2n) is 6.07. The maximum Gasteiger partial charge on any atom is 0.342 e. The van der Waals surface area contributed by atoms with Crippen molar-refractivity contribution in [1.29, 1.82) is 0 Å². The number of rotatable bonds is 9. The fourth-order valence-corrected chi connectivity index (χ4v) is 2.94. The molecule has 28 heavy (non-hydrogen) atoms. The van der Waals surface area contributed by atoms with Crippen LogP contribution in [0.3, 0.4) is 0 Å². The summed E-state index contributed by atoms with van der Waals surface area (Å²) in [4.78, 5) is 27.7. The Kier molecular flexibility index (Phi) is 7.81. The molecule has 0 saturated carbocycles. The van der Waals surface area contributed by atoms with Crippen molar-refractivity contribution < 1.29 is 19.1 Å². The number of hydrogen-bond acceptors (Lipinski definition) is 5. The first-order valence-electron chi connectivity index (χ1n) is 9.47. The minimum absolute atomic E-state index is 0.00613. The van der Waals surface area contributed by atoms with E-state index in [-0.39, 0.29) is 18.0 Å². The van der Waals surface area contributed by atoms with E-state index in [0.717, 1.165) is 24.3 Å². The lowest BCUT2D eigenvalue weighted by Crippen LogP contribution is -2.23. The molecule has 2 rings (SSSR count). The number of benzene rings is 2. The second kappa shape index (κ2) is 10.3. The maximum atomic E-state index is 13.0. The summed E-state index contributed by atoms with van der Waals surface area (Å²) in [6.07, 6.45) is 1.61. The number of carbonyl (C=O) groups excluding carboxylic acids is 2. The van der Waals surface area contributed by atoms with Crippen molar-refractivity contribution in [3.63, 3.8) is 0 Å². The van der Waals surface area contributed by atoms with E-state index in [1.807, 2.05) is 24.3 Å². The van der Waals surface area contributed by atoms with Gasteiger partial charge in [-0.1, -0.05) is 30.3 Å². The summed E-state index contributed by atoms with van der Waals surface area (Å²) in [5, 5.41) is 0.